The number of alkyl halides is 2. The molecule has 0 aliphatic carbocycles. The fraction of sp³-hybridized carbons (Fsp3) is 0.167. The van der Waals surface area contributed by atoms with Crippen molar-refractivity contribution >= 4 is 22.8 Å². The van der Waals surface area contributed by atoms with E-state index in [1.807, 2.05) is 41.9 Å². The van der Waals surface area contributed by atoms with Gasteiger partial charge in [0.25, 0.3) is 0 Å². The Labute approximate surface area is 152 Å². The first-order chi connectivity index (χ1) is 12.6. The van der Waals surface area contributed by atoms with E-state index in [0.29, 0.717) is 22.0 Å². The van der Waals surface area contributed by atoms with Gasteiger partial charge in [-0.05, 0) is 12.1 Å². The van der Waals surface area contributed by atoms with Gasteiger partial charge in [0, 0.05) is 12.6 Å². The van der Waals surface area contributed by atoms with E-state index in [1.54, 1.807) is 24.3 Å². The maximum Gasteiger partial charge on any atom is 0.320 e. The number of imidazole rings is 1. The predicted octanol–water partition coefficient (Wildman–Crippen LogP) is 4.52. The van der Waals surface area contributed by atoms with Crippen molar-refractivity contribution in [2.75, 3.05) is 0 Å². The maximum absolute atomic E-state index is 13.5. The molecule has 4 rings (SSSR count). The molecule has 0 fully saturated rings. The van der Waals surface area contributed by atoms with Gasteiger partial charge in [-0.1, -0.05) is 54.2 Å². The summed E-state index contributed by atoms with van der Waals surface area (Å²) in [5, 5.41) is 9.05. The zero-order valence-electron chi connectivity index (χ0n) is 13.9. The van der Waals surface area contributed by atoms with Gasteiger partial charge < -0.3 is 4.57 Å². The third-order valence-electron chi connectivity index (χ3n) is 4.06. The Morgan fingerprint density at radius 3 is 2.50 bits per heavy atom. The molecule has 0 aliphatic heterocycles. The topological polar surface area (TPSA) is 48.5 Å². The molecule has 0 saturated heterocycles. The van der Waals surface area contributed by atoms with Crippen molar-refractivity contribution < 1.29 is 8.78 Å². The predicted molar refractivity (Wildman–Crippen MR) is 97.0 cm³/mol. The van der Waals surface area contributed by atoms with Crippen LogP contribution in [0.4, 0.5) is 8.78 Å². The molecule has 2 aromatic carbocycles. The van der Waals surface area contributed by atoms with E-state index >= 15 is 0 Å². The monoisotopic (exact) mass is 371 g/mol. The van der Waals surface area contributed by atoms with Crippen LogP contribution in [0.25, 0.3) is 22.4 Å². The quantitative estimate of drug-likeness (QED) is 0.484. The number of hydrogen-bond donors (Lipinski definition) is 0. The number of aromatic nitrogens is 5. The van der Waals surface area contributed by atoms with Crippen LogP contribution in [0, 0.1) is 0 Å². The molecule has 0 saturated carbocycles. The molecule has 4 aromatic rings. The Morgan fingerprint density at radius 1 is 1.00 bits per heavy atom. The molecule has 0 bridgehead atoms. The van der Waals surface area contributed by atoms with Gasteiger partial charge in [0.2, 0.25) is 0 Å². The van der Waals surface area contributed by atoms with Crippen molar-refractivity contribution in [3.8, 4) is 11.4 Å². The van der Waals surface area contributed by atoms with Crippen molar-refractivity contribution in [2.45, 2.75) is 17.5 Å². The van der Waals surface area contributed by atoms with Gasteiger partial charge in [-0.2, -0.15) is 8.78 Å². The van der Waals surface area contributed by atoms with Crippen LogP contribution in [0.15, 0.2) is 59.8 Å². The summed E-state index contributed by atoms with van der Waals surface area (Å²) in [6, 6.07) is 16.6. The van der Waals surface area contributed by atoms with Gasteiger partial charge in [0.15, 0.2) is 11.0 Å². The lowest BCUT2D eigenvalue weighted by molar-refractivity contribution is 0.0722. The Bertz CT molecular complexity index is 1040. The summed E-state index contributed by atoms with van der Waals surface area (Å²) in [4.78, 5) is 4.35. The SMILES string of the molecule is Cn1c(SCc2nc3ccccc3n2C(F)F)nnc1-c1ccccc1. The fourth-order valence-corrected chi connectivity index (χ4v) is 3.66. The molecular formula is C18H15F2N5S. The van der Waals surface area contributed by atoms with E-state index in [0.717, 1.165) is 16.0 Å². The van der Waals surface area contributed by atoms with Crippen LogP contribution in [0.1, 0.15) is 12.4 Å². The van der Waals surface area contributed by atoms with Crippen LogP contribution in [-0.2, 0) is 12.8 Å². The standard InChI is InChI=1S/C18H15F2N5S/c1-24-16(12-7-3-2-4-8-12)22-23-18(24)26-11-15-21-13-9-5-6-10-14(13)25(15)17(19)20/h2-10,17H,11H2,1H3. The van der Waals surface area contributed by atoms with Crippen LogP contribution in [-0.4, -0.2) is 24.3 Å². The number of para-hydroxylation sites is 2. The van der Waals surface area contributed by atoms with Crippen molar-refractivity contribution in [1.29, 1.82) is 0 Å². The van der Waals surface area contributed by atoms with E-state index < -0.39 is 6.55 Å². The third-order valence-corrected chi connectivity index (χ3v) is 5.08. The zero-order chi connectivity index (χ0) is 18.1. The lowest BCUT2D eigenvalue weighted by Crippen LogP contribution is -2.04. The van der Waals surface area contributed by atoms with E-state index in [1.165, 1.54) is 11.8 Å². The molecule has 0 aliphatic rings. The molecule has 0 atom stereocenters. The molecule has 5 nitrogen and oxygen atoms in total. The summed E-state index contributed by atoms with van der Waals surface area (Å²) in [6.07, 6.45) is 0. The molecule has 2 aromatic heterocycles. The van der Waals surface area contributed by atoms with E-state index in [9.17, 15) is 8.78 Å². The first-order valence-electron chi connectivity index (χ1n) is 7.97. The second-order valence-electron chi connectivity index (χ2n) is 5.68. The Kier molecular flexibility index (Phi) is 4.42. The van der Waals surface area contributed by atoms with Crippen molar-refractivity contribution in [2.24, 2.45) is 7.05 Å². The highest BCUT2D eigenvalue weighted by molar-refractivity contribution is 7.98. The number of hydrogen-bond acceptors (Lipinski definition) is 4. The molecule has 0 unspecified atom stereocenters. The summed E-state index contributed by atoms with van der Waals surface area (Å²) < 4.78 is 29.8. The summed E-state index contributed by atoms with van der Waals surface area (Å²) in [5.74, 6) is 1.32. The lowest BCUT2D eigenvalue weighted by Gasteiger charge is -2.07. The van der Waals surface area contributed by atoms with Gasteiger partial charge >= 0.3 is 6.55 Å². The number of halogens is 2. The maximum atomic E-state index is 13.5. The smallest absolute Gasteiger partial charge is 0.305 e. The van der Waals surface area contributed by atoms with Crippen molar-refractivity contribution in [3.05, 3.63) is 60.4 Å². The van der Waals surface area contributed by atoms with Crippen LogP contribution in [0.2, 0.25) is 0 Å². The van der Waals surface area contributed by atoms with Crippen LogP contribution < -0.4 is 0 Å². The number of fused-ring (bicyclic) bond motifs is 1. The molecule has 0 spiro atoms. The minimum absolute atomic E-state index is 0.278. The summed E-state index contributed by atoms with van der Waals surface area (Å²) in [5.41, 5.74) is 1.95. The number of nitrogens with zero attached hydrogens (tertiary/aromatic N) is 5. The van der Waals surface area contributed by atoms with Crippen LogP contribution >= 0.6 is 11.8 Å². The number of thioether (sulfide) groups is 1. The Morgan fingerprint density at radius 2 is 1.73 bits per heavy atom. The lowest BCUT2D eigenvalue weighted by atomic mass is 10.2. The largest absolute Gasteiger partial charge is 0.320 e. The van der Waals surface area contributed by atoms with Crippen LogP contribution in [0.5, 0.6) is 0 Å². The van der Waals surface area contributed by atoms with Crippen molar-refractivity contribution in [1.82, 2.24) is 24.3 Å². The number of rotatable bonds is 5. The molecule has 0 radical (unpaired) electrons. The molecule has 0 N–H and O–H groups in total. The second kappa shape index (κ2) is 6.87. The normalized spacial score (nSPS) is 11.5. The van der Waals surface area contributed by atoms with Gasteiger partial charge in [0.05, 0.1) is 16.8 Å². The molecule has 2 heterocycles. The fourth-order valence-electron chi connectivity index (χ4n) is 2.82. The van der Waals surface area contributed by atoms with Crippen LogP contribution in [0.3, 0.4) is 0 Å². The minimum atomic E-state index is -2.64. The first-order valence-corrected chi connectivity index (χ1v) is 8.95. The molecular weight excluding hydrogens is 356 g/mol. The Hall–Kier alpha value is -2.74. The zero-order valence-corrected chi connectivity index (χ0v) is 14.7. The molecule has 132 valence electrons. The van der Waals surface area contributed by atoms with E-state index in [4.69, 9.17) is 0 Å². The van der Waals surface area contributed by atoms with Gasteiger partial charge in [-0.15, -0.1) is 10.2 Å². The van der Waals surface area contributed by atoms with E-state index in [2.05, 4.69) is 15.2 Å². The average molecular weight is 371 g/mol. The molecule has 0 amide bonds. The average Bonchev–Trinajstić information content (AvgIpc) is 3.21. The highest BCUT2D eigenvalue weighted by Gasteiger charge is 2.19. The van der Waals surface area contributed by atoms with Gasteiger partial charge in [-0.25, -0.2) is 4.98 Å². The van der Waals surface area contributed by atoms with E-state index in [-0.39, 0.29) is 5.75 Å². The number of benzene rings is 2. The first kappa shape index (κ1) is 16.7. The third kappa shape index (κ3) is 2.96. The summed E-state index contributed by atoms with van der Waals surface area (Å²) in [6.45, 7) is -2.64. The molecule has 26 heavy (non-hydrogen) atoms. The second-order valence-corrected chi connectivity index (χ2v) is 6.63. The summed E-state index contributed by atoms with van der Waals surface area (Å²) >= 11 is 1.34. The van der Waals surface area contributed by atoms with Gasteiger partial charge in [-0.3, -0.25) is 4.57 Å². The van der Waals surface area contributed by atoms with Crippen molar-refractivity contribution in [3.63, 3.8) is 0 Å². The minimum Gasteiger partial charge on any atom is -0.305 e. The van der Waals surface area contributed by atoms with Gasteiger partial charge in [0.1, 0.15) is 5.82 Å². The summed E-state index contributed by atoms with van der Waals surface area (Å²) in [7, 11) is 1.86. The Balaban J connectivity index is 1.62. The molecule has 8 heteroatoms. The highest BCUT2D eigenvalue weighted by atomic mass is 32.2. The highest BCUT2D eigenvalue weighted by Crippen LogP contribution is 2.29.